The fourth-order valence-corrected chi connectivity index (χ4v) is 1.72. The first-order valence-electron chi connectivity index (χ1n) is 5.80. The fourth-order valence-electron chi connectivity index (χ4n) is 1.72. The number of rotatable bonds is 3. The molecule has 1 aromatic rings. The molecular formula is C14H23NO2. The molecule has 1 rings (SSSR count). The lowest BCUT2D eigenvalue weighted by Gasteiger charge is -2.23. The van der Waals surface area contributed by atoms with Gasteiger partial charge in [-0.05, 0) is 31.1 Å². The molecule has 3 heteroatoms. The predicted octanol–water partition coefficient (Wildman–Crippen LogP) is 2.76. The molecule has 0 saturated carbocycles. The van der Waals surface area contributed by atoms with Crippen molar-refractivity contribution in [1.82, 2.24) is 4.90 Å². The summed E-state index contributed by atoms with van der Waals surface area (Å²) in [6.45, 7) is 7.15. The number of hydrogen-bond acceptors (Lipinski definition) is 3. The van der Waals surface area contributed by atoms with Gasteiger partial charge in [-0.3, -0.25) is 0 Å². The van der Waals surface area contributed by atoms with Gasteiger partial charge in [0.2, 0.25) is 0 Å². The van der Waals surface area contributed by atoms with Gasteiger partial charge in [-0.1, -0.05) is 26.8 Å². The smallest absolute Gasteiger partial charge is 0.162 e. The average Bonchev–Trinajstić information content (AvgIpc) is 2.18. The molecule has 0 bridgehead atoms. The van der Waals surface area contributed by atoms with E-state index in [4.69, 9.17) is 4.74 Å². The third kappa shape index (κ3) is 3.37. The van der Waals surface area contributed by atoms with Gasteiger partial charge in [0, 0.05) is 12.1 Å². The minimum atomic E-state index is 0.0437. The quantitative estimate of drug-likeness (QED) is 0.877. The Labute approximate surface area is 104 Å². The number of phenols is 1. The molecule has 0 aliphatic rings. The molecule has 0 amide bonds. The van der Waals surface area contributed by atoms with E-state index in [2.05, 4.69) is 26.8 Å². The van der Waals surface area contributed by atoms with Crippen molar-refractivity contribution in [1.29, 1.82) is 0 Å². The highest BCUT2D eigenvalue weighted by atomic mass is 16.5. The summed E-state index contributed by atoms with van der Waals surface area (Å²) >= 11 is 0. The molecular weight excluding hydrogens is 214 g/mol. The van der Waals surface area contributed by atoms with E-state index in [1.807, 2.05) is 25.1 Å². The van der Waals surface area contributed by atoms with E-state index in [1.54, 1.807) is 7.11 Å². The molecule has 3 nitrogen and oxygen atoms in total. The van der Waals surface area contributed by atoms with Crippen LogP contribution in [-0.4, -0.2) is 31.2 Å². The molecule has 17 heavy (non-hydrogen) atoms. The Kier molecular flexibility index (Phi) is 4.04. The van der Waals surface area contributed by atoms with Crippen LogP contribution in [0.3, 0.4) is 0 Å². The van der Waals surface area contributed by atoms with E-state index in [9.17, 15) is 5.11 Å². The molecule has 0 aliphatic heterocycles. The summed E-state index contributed by atoms with van der Waals surface area (Å²) in [5.74, 6) is 0.795. The minimum absolute atomic E-state index is 0.0437. The minimum Gasteiger partial charge on any atom is -0.504 e. The van der Waals surface area contributed by atoms with Crippen LogP contribution in [0.4, 0.5) is 0 Å². The van der Waals surface area contributed by atoms with Gasteiger partial charge in [0.25, 0.3) is 0 Å². The van der Waals surface area contributed by atoms with Crippen LogP contribution in [0.25, 0.3) is 0 Å². The third-order valence-electron chi connectivity index (χ3n) is 2.73. The van der Waals surface area contributed by atoms with Crippen LogP contribution in [-0.2, 0) is 12.0 Å². The van der Waals surface area contributed by atoms with Crippen molar-refractivity contribution in [2.45, 2.75) is 32.7 Å². The molecule has 1 aromatic carbocycles. The highest BCUT2D eigenvalue weighted by Crippen LogP contribution is 2.36. The lowest BCUT2D eigenvalue weighted by Crippen LogP contribution is -2.15. The summed E-state index contributed by atoms with van der Waals surface area (Å²) in [6, 6.07) is 3.96. The first-order chi connectivity index (χ1) is 7.75. The molecule has 0 unspecified atom stereocenters. The van der Waals surface area contributed by atoms with Crippen molar-refractivity contribution in [3.05, 3.63) is 23.3 Å². The van der Waals surface area contributed by atoms with Crippen molar-refractivity contribution in [2.75, 3.05) is 21.2 Å². The van der Waals surface area contributed by atoms with Crippen molar-refractivity contribution in [3.8, 4) is 11.5 Å². The highest BCUT2D eigenvalue weighted by Gasteiger charge is 2.19. The molecule has 0 spiro atoms. The molecule has 0 atom stereocenters. The SMILES string of the molecule is COc1cc(C(C)(C)C)cc(CN(C)C)c1O. The van der Waals surface area contributed by atoms with Gasteiger partial charge < -0.3 is 14.7 Å². The van der Waals surface area contributed by atoms with E-state index in [1.165, 1.54) is 5.56 Å². The Balaban J connectivity index is 3.28. The Bertz CT molecular complexity index is 392. The molecule has 1 N–H and O–H groups in total. The maximum atomic E-state index is 10.1. The molecule has 96 valence electrons. The second-order valence-corrected chi connectivity index (χ2v) is 5.67. The van der Waals surface area contributed by atoms with Crippen LogP contribution in [0.15, 0.2) is 12.1 Å². The Morgan fingerprint density at radius 3 is 2.24 bits per heavy atom. The summed E-state index contributed by atoms with van der Waals surface area (Å²) in [7, 11) is 5.55. The van der Waals surface area contributed by atoms with Gasteiger partial charge in [-0.25, -0.2) is 0 Å². The predicted molar refractivity (Wildman–Crippen MR) is 70.7 cm³/mol. The van der Waals surface area contributed by atoms with Crippen molar-refractivity contribution in [2.24, 2.45) is 0 Å². The number of methoxy groups -OCH3 is 1. The number of ether oxygens (including phenoxy) is 1. The summed E-state index contributed by atoms with van der Waals surface area (Å²) in [5.41, 5.74) is 2.12. The largest absolute Gasteiger partial charge is 0.504 e. The average molecular weight is 237 g/mol. The van der Waals surface area contributed by atoms with Gasteiger partial charge in [0.05, 0.1) is 7.11 Å². The van der Waals surface area contributed by atoms with Crippen LogP contribution < -0.4 is 4.74 Å². The van der Waals surface area contributed by atoms with Gasteiger partial charge in [0.1, 0.15) is 0 Å². The first-order valence-corrected chi connectivity index (χ1v) is 5.80. The van der Waals surface area contributed by atoms with E-state index >= 15 is 0 Å². The molecule has 0 aromatic heterocycles. The maximum Gasteiger partial charge on any atom is 0.162 e. The van der Waals surface area contributed by atoms with E-state index in [-0.39, 0.29) is 11.2 Å². The summed E-state index contributed by atoms with van der Waals surface area (Å²) in [4.78, 5) is 2.03. The van der Waals surface area contributed by atoms with E-state index in [0.29, 0.717) is 12.3 Å². The fraction of sp³-hybridized carbons (Fsp3) is 0.571. The molecule has 0 saturated heterocycles. The summed E-state index contributed by atoms with van der Waals surface area (Å²) < 4.78 is 5.23. The number of benzene rings is 1. The van der Waals surface area contributed by atoms with Gasteiger partial charge in [0.15, 0.2) is 11.5 Å². The van der Waals surface area contributed by atoms with Crippen LogP contribution >= 0.6 is 0 Å². The zero-order valence-corrected chi connectivity index (χ0v) is 11.7. The van der Waals surface area contributed by atoms with Gasteiger partial charge >= 0.3 is 0 Å². The lowest BCUT2D eigenvalue weighted by molar-refractivity contribution is 0.353. The van der Waals surface area contributed by atoms with Crippen LogP contribution in [0.1, 0.15) is 31.9 Å². The van der Waals surface area contributed by atoms with E-state index in [0.717, 1.165) is 5.56 Å². The lowest BCUT2D eigenvalue weighted by atomic mass is 9.85. The zero-order chi connectivity index (χ0) is 13.2. The third-order valence-corrected chi connectivity index (χ3v) is 2.73. The summed E-state index contributed by atoms with van der Waals surface area (Å²) in [6.07, 6.45) is 0. The summed E-state index contributed by atoms with van der Waals surface area (Å²) in [5, 5.41) is 10.1. The number of hydrogen-bond donors (Lipinski definition) is 1. The second-order valence-electron chi connectivity index (χ2n) is 5.67. The zero-order valence-electron chi connectivity index (χ0n) is 11.7. The van der Waals surface area contributed by atoms with Crippen LogP contribution in [0.2, 0.25) is 0 Å². The number of nitrogens with zero attached hydrogens (tertiary/aromatic N) is 1. The first kappa shape index (κ1) is 13.8. The normalized spacial score (nSPS) is 11.9. The van der Waals surface area contributed by atoms with Crippen molar-refractivity contribution in [3.63, 3.8) is 0 Å². The van der Waals surface area contributed by atoms with E-state index < -0.39 is 0 Å². The van der Waals surface area contributed by atoms with Gasteiger partial charge in [-0.2, -0.15) is 0 Å². The molecule has 0 aliphatic carbocycles. The van der Waals surface area contributed by atoms with Gasteiger partial charge in [-0.15, -0.1) is 0 Å². The maximum absolute atomic E-state index is 10.1. The van der Waals surface area contributed by atoms with Crippen LogP contribution in [0, 0.1) is 0 Å². The number of aromatic hydroxyl groups is 1. The molecule has 0 fully saturated rings. The molecule has 0 heterocycles. The second kappa shape index (κ2) is 4.96. The van der Waals surface area contributed by atoms with Crippen LogP contribution in [0.5, 0.6) is 11.5 Å². The van der Waals surface area contributed by atoms with Crippen molar-refractivity contribution < 1.29 is 9.84 Å². The topological polar surface area (TPSA) is 32.7 Å². The number of phenolic OH excluding ortho intramolecular Hbond substituents is 1. The Morgan fingerprint density at radius 1 is 1.24 bits per heavy atom. The Morgan fingerprint density at radius 2 is 1.82 bits per heavy atom. The molecule has 0 radical (unpaired) electrons. The Hall–Kier alpha value is -1.22. The van der Waals surface area contributed by atoms with Crippen molar-refractivity contribution >= 4 is 0 Å². The highest BCUT2D eigenvalue weighted by molar-refractivity contribution is 5.50. The standard InChI is InChI=1S/C14H23NO2/c1-14(2,3)11-7-10(9-15(4)5)13(16)12(8-11)17-6/h7-8,16H,9H2,1-6H3. The monoisotopic (exact) mass is 237 g/mol.